The van der Waals surface area contributed by atoms with Crippen LogP contribution >= 0.6 is 48.6 Å². The van der Waals surface area contributed by atoms with Crippen LogP contribution in [-0.4, -0.2) is 77.5 Å². The van der Waals surface area contributed by atoms with Gasteiger partial charge < -0.3 is 15.5 Å². The van der Waals surface area contributed by atoms with Crippen LogP contribution in [0.25, 0.3) is 10.2 Å². The van der Waals surface area contributed by atoms with Gasteiger partial charge in [-0.25, -0.2) is 9.97 Å². The molecule has 0 aromatic carbocycles. The number of anilines is 1. The molecule has 28 heavy (non-hydrogen) atoms. The van der Waals surface area contributed by atoms with Crippen LogP contribution in [0.1, 0.15) is 12.8 Å². The lowest BCUT2D eigenvalue weighted by atomic mass is 10.1. The maximum Gasteiger partial charge on any atom is 0.236 e. The van der Waals surface area contributed by atoms with Gasteiger partial charge in [-0.05, 0) is 24.3 Å². The van der Waals surface area contributed by atoms with Crippen LogP contribution in [0.2, 0.25) is 0 Å². The quantitative estimate of drug-likeness (QED) is 0.741. The van der Waals surface area contributed by atoms with Gasteiger partial charge in [-0.2, -0.15) is 0 Å². The van der Waals surface area contributed by atoms with Crippen LogP contribution in [0.15, 0.2) is 17.8 Å². The van der Waals surface area contributed by atoms with Crippen molar-refractivity contribution in [1.29, 1.82) is 0 Å². The Morgan fingerprint density at radius 2 is 1.75 bits per heavy atom. The molecule has 0 saturated carbocycles. The maximum absolute atomic E-state index is 12.6. The molecule has 2 aliphatic heterocycles. The molecule has 158 valence electrons. The number of nitrogens with zero attached hydrogens (tertiary/aromatic N) is 5. The zero-order valence-corrected chi connectivity index (χ0v) is 18.8. The van der Waals surface area contributed by atoms with Gasteiger partial charge in [0.1, 0.15) is 12.1 Å². The molecule has 0 bridgehead atoms. The summed E-state index contributed by atoms with van der Waals surface area (Å²) in [6.45, 7) is 5.54. The minimum Gasteiger partial charge on any atom is -0.352 e. The Hall–Kier alpha value is -0.900. The number of aromatic nitrogens is 2. The number of amides is 1. The summed E-state index contributed by atoms with van der Waals surface area (Å²) in [6.07, 6.45) is 3.61. The first-order valence-corrected chi connectivity index (χ1v) is 9.77. The minimum absolute atomic E-state index is 0. The Kier molecular flexibility index (Phi) is 10.2. The standard InChI is InChI=1S/C17H24N6OS.3ClH/c18-13-1-4-21(5-2-13)11-15(24)22-6-8-23(9-7-22)17-16-14(3-10-25-16)19-12-20-17;;;/h3,10,12-13H,1-2,4-9,11,18H2;3*1H. The fourth-order valence-corrected chi connectivity index (χ4v) is 4.43. The summed E-state index contributed by atoms with van der Waals surface area (Å²) < 4.78 is 1.13. The second-order valence-corrected chi connectivity index (χ2v) is 7.73. The number of piperazine rings is 1. The van der Waals surface area contributed by atoms with Crippen molar-refractivity contribution in [3.8, 4) is 0 Å². The van der Waals surface area contributed by atoms with Crippen LogP contribution in [0, 0.1) is 0 Å². The smallest absolute Gasteiger partial charge is 0.236 e. The SMILES string of the molecule is Cl.Cl.Cl.NC1CCN(CC(=O)N2CCN(c3ncnc4ccsc34)CC2)CC1. The van der Waals surface area contributed by atoms with E-state index in [4.69, 9.17) is 5.73 Å². The van der Waals surface area contributed by atoms with Gasteiger partial charge in [0, 0.05) is 45.3 Å². The summed E-state index contributed by atoms with van der Waals surface area (Å²) in [7, 11) is 0. The molecule has 0 radical (unpaired) electrons. The lowest BCUT2D eigenvalue weighted by Crippen LogP contribution is -2.52. The normalized spacial score (nSPS) is 18.2. The average Bonchev–Trinajstić information content (AvgIpc) is 3.12. The topological polar surface area (TPSA) is 78.6 Å². The number of nitrogens with two attached hydrogens (primary N) is 1. The van der Waals surface area contributed by atoms with Crippen LogP contribution in [-0.2, 0) is 4.79 Å². The van der Waals surface area contributed by atoms with Crippen molar-refractivity contribution in [3.05, 3.63) is 17.8 Å². The molecule has 2 aromatic rings. The molecular weight excluding hydrogens is 443 g/mol. The van der Waals surface area contributed by atoms with Crippen LogP contribution in [0.5, 0.6) is 0 Å². The molecule has 7 nitrogen and oxygen atoms in total. The molecule has 2 fully saturated rings. The molecule has 4 heterocycles. The van der Waals surface area contributed by atoms with Gasteiger partial charge in [-0.1, -0.05) is 0 Å². The van der Waals surface area contributed by atoms with Gasteiger partial charge >= 0.3 is 0 Å². The van der Waals surface area contributed by atoms with Crippen molar-refractivity contribution in [2.75, 3.05) is 50.7 Å². The van der Waals surface area contributed by atoms with Gasteiger partial charge in [-0.15, -0.1) is 48.6 Å². The Morgan fingerprint density at radius 3 is 2.43 bits per heavy atom. The third-order valence-corrected chi connectivity index (χ3v) is 6.05. The summed E-state index contributed by atoms with van der Waals surface area (Å²) in [5, 5.41) is 2.05. The second kappa shape index (κ2) is 11.3. The van der Waals surface area contributed by atoms with Crippen molar-refractivity contribution in [3.63, 3.8) is 0 Å². The van der Waals surface area contributed by atoms with Crippen LogP contribution < -0.4 is 10.6 Å². The first-order chi connectivity index (χ1) is 12.2. The summed E-state index contributed by atoms with van der Waals surface area (Å²) in [4.78, 5) is 27.8. The van der Waals surface area contributed by atoms with Crippen LogP contribution in [0.4, 0.5) is 5.82 Å². The number of hydrogen-bond donors (Lipinski definition) is 1. The second-order valence-electron chi connectivity index (χ2n) is 6.81. The lowest BCUT2D eigenvalue weighted by Gasteiger charge is -2.37. The molecular formula is C17H27Cl3N6OS. The third-order valence-electron chi connectivity index (χ3n) is 5.15. The number of hydrogen-bond acceptors (Lipinski definition) is 7. The predicted molar refractivity (Wildman–Crippen MR) is 122 cm³/mol. The largest absolute Gasteiger partial charge is 0.352 e. The number of thiophene rings is 1. The van der Waals surface area contributed by atoms with E-state index in [1.165, 1.54) is 0 Å². The molecule has 0 spiro atoms. The monoisotopic (exact) mass is 468 g/mol. The van der Waals surface area contributed by atoms with Gasteiger partial charge in [0.15, 0.2) is 0 Å². The number of fused-ring (bicyclic) bond motifs is 1. The van der Waals surface area contributed by atoms with E-state index in [0.717, 1.165) is 68.1 Å². The highest BCUT2D eigenvalue weighted by atomic mass is 35.5. The summed E-state index contributed by atoms with van der Waals surface area (Å²) in [6, 6.07) is 2.33. The number of piperidine rings is 1. The van der Waals surface area contributed by atoms with Crippen molar-refractivity contribution in [2.24, 2.45) is 5.73 Å². The van der Waals surface area contributed by atoms with Gasteiger partial charge in [0.2, 0.25) is 5.91 Å². The van der Waals surface area contributed by atoms with Gasteiger partial charge in [0.05, 0.1) is 16.8 Å². The molecule has 1 amide bonds. The molecule has 0 aliphatic carbocycles. The highest BCUT2D eigenvalue weighted by Gasteiger charge is 2.25. The van der Waals surface area contributed by atoms with E-state index in [9.17, 15) is 4.79 Å². The Labute approximate surface area is 187 Å². The molecule has 2 aromatic heterocycles. The summed E-state index contributed by atoms with van der Waals surface area (Å²) >= 11 is 1.67. The van der Waals surface area contributed by atoms with Crippen molar-refractivity contribution >= 4 is 70.5 Å². The zero-order chi connectivity index (χ0) is 17.2. The molecule has 0 atom stereocenters. The van der Waals surface area contributed by atoms with Crippen LogP contribution in [0.3, 0.4) is 0 Å². The van der Waals surface area contributed by atoms with Crippen molar-refractivity contribution < 1.29 is 4.79 Å². The first-order valence-electron chi connectivity index (χ1n) is 8.89. The molecule has 0 unspecified atom stereocenters. The van der Waals surface area contributed by atoms with E-state index < -0.39 is 0 Å². The molecule has 2 aliphatic rings. The molecule has 11 heteroatoms. The highest BCUT2D eigenvalue weighted by molar-refractivity contribution is 7.17. The lowest BCUT2D eigenvalue weighted by molar-refractivity contribution is -0.133. The Morgan fingerprint density at radius 1 is 1.07 bits per heavy atom. The molecule has 2 N–H and O–H groups in total. The van der Waals surface area contributed by atoms with Gasteiger partial charge in [-0.3, -0.25) is 9.69 Å². The van der Waals surface area contributed by atoms with E-state index in [0.29, 0.717) is 12.6 Å². The Bertz CT molecular complexity index is 747. The number of rotatable bonds is 3. The van der Waals surface area contributed by atoms with E-state index >= 15 is 0 Å². The summed E-state index contributed by atoms with van der Waals surface area (Å²) in [5.41, 5.74) is 6.93. The van der Waals surface area contributed by atoms with E-state index in [1.54, 1.807) is 17.7 Å². The highest BCUT2D eigenvalue weighted by Crippen LogP contribution is 2.28. The number of likely N-dealkylation sites (tertiary alicyclic amines) is 1. The third kappa shape index (κ3) is 5.58. The fourth-order valence-electron chi connectivity index (χ4n) is 3.57. The molecule has 2 saturated heterocycles. The average molecular weight is 470 g/mol. The van der Waals surface area contributed by atoms with E-state index in [2.05, 4.69) is 19.8 Å². The first kappa shape index (κ1) is 25.1. The Balaban J connectivity index is 0.00000131. The number of carbonyl (C=O) groups is 1. The van der Waals surface area contributed by atoms with E-state index in [-0.39, 0.29) is 43.1 Å². The van der Waals surface area contributed by atoms with Crippen molar-refractivity contribution in [2.45, 2.75) is 18.9 Å². The van der Waals surface area contributed by atoms with E-state index in [1.807, 2.05) is 16.3 Å². The maximum atomic E-state index is 12.6. The predicted octanol–water partition coefficient (Wildman–Crippen LogP) is 2.03. The van der Waals surface area contributed by atoms with Gasteiger partial charge in [0.25, 0.3) is 0 Å². The number of carbonyl (C=O) groups excluding carboxylic acids is 1. The molecule has 4 rings (SSSR count). The summed E-state index contributed by atoms with van der Waals surface area (Å²) in [5.74, 6) is 1.23. The van der Waals surface area contributed by atoms with Crippen molar-refractivity contribution in [1.82, 2.24) is 19.8 Å². The zero-order valence-electron chi connectivity index (χ0n) is 15.5. The fraction of sp³-hybridized carbons (Fsp3) is 0.588. The number of halogens is 3. The minimum atomic E-state index is 0.